The molecule has 0 bridgehead atoms. The topological polar surface area (TPSA) is 96.7 Å². The van der Waals surface area contributed by atoms with Gasteiger partial charge in [-0.2, -0.15) is 0 Å². The maximum Gasteiger partial charge on any atom is 0.321 e. The fourth-order valence-electron chi connectivity index (χ4n) is 3.51. The van der Waals surface area contributed by atoms with Gasteiger partial charge in [0.05, 0.1) is 24.9 Å². The molecule has 2 aliphatic rings. The molecule has 3 heterocycles. The van der Waals surface area contributed by atoms with Crippen LogP contribution in [-0.2, 0) is 11.2 Å². The van der Waals surface area contributed by atoms with E-state index in [4.69, 9.17) is 9.26 Å². The molecule has 2 aliphatic heterocycles. The molecular formula is C19H22N4O4. The van der Waals surface area contributed by atoms with Gasteiger partial charge in [-0.05, 0) is 25.1 Å². The van der Waals surface area contributed by atoms with Gasteiger partial charge < -0.3 is 19.9 Å². The molecule has 0 radical (unpaired) electrons. The number of rotatable bonds is 5. The minimum Gasteiger partial charge on any atom is -0.379 e. The molecule has 2 aromatic rings. The van der Waals surface area contributed by atoms with E-state index in [0.717, 1.165) is 11.5 Å². The monoisotopic (exact) mass is 370 g/mol. The van der Waals surface area contributed by atoms with Crippen molar-refractivity contribution in [3.8, 4) is 0 Å². The third-order valence-corrected chi connectivity index (χ3v) is 4.93. The lowest BCUT2D eigenvalue weighted by Gasteiger charge is -2.19. The van der Waals surface area contributed by atoms with Crippen LogP contribution in [0.3, 0.4) is 0 Å². The van der Waals surface area contributed by atoms with Gasteiger partial charge in [-0.25, -0.2) is 4.79 Å². The second-order valence-corrected chi connectivity index (χ2v) is 6.95. The van der Waals surface area contributed by atoms with E-state index in [2.05, 4.69) is 15.8 Å². The van der Waals surface area contributed by atoms with Crippen molar-refractivity contribution in [3.63, 3.8) is 0 Å². The molecule has 2 fully saturated rings. The number of carbonyl (C=O) groups is 2. The molecule has 0 aliphatic carbocycles. The maximum absolute atomic E-state index is 12.7. The highest BCUT2D eigenvalue weighted by molar-refractivity contribution is 5.98. The lowest BCUT2D eigenvalue weighted by Crippen LogP contribution is -2.40. The Morgan fingerprint density at radius 3 is 3.00 bits per heavy atom. The SMILES string of the molecule is Cc1cc(C[C@@H]2COC[C@@H]2NC(=O)c2cccc(N3CCNC3=O)c2)on1. The van der Waals surface area contributed by atoms with Gasteiger partial charge in [0.2, 0.25) is 0 Å². The number of anilines is 1. The molecule has 2 saturated heterocycles. The van der Waals surface area contributed by atoms with E-state index >= 15 is 0 Å². The van der Waals surface area contributed by atoms with Crippen molar-refractivity contribution in [1.82, 2.24) is 15.8 Å². The van der Waals surface area contributed by atoms with Crippen molar-refractivity contribution in [3.05, 3.63) is 47.3 Å². The fraction of sp³-hybridized carbons (Fsp3) is 0.421. The van der Waals surface area contributed by atoms with Gasteiger partial charge in [-0.1, -0.05) is 11.2 Å². The van der Waals surface area contributed by atoms with Crippen molar-refractivity contribution in [2.24, 2.45) is 5.92 Å². The molecule has 4 rings (SSSR count). The number of carbonyl (C=O) groups excluding carboxylic acids is 2. The number of ether oxygens (including phenoxy) is 1. The van der Waals surface area contributed by atoms with Gasteiger partial charge in [0.15, 0.2) is 0 Å². The maximum atomic E-state index is 12.7. The summed E-state index contributed by atoms with van der Waals surface area (Å²) in [5.74, 6) is 0.754. The summed E-state index contributed by atoms with van der Waals surface area (Å²) in [5, 5.41) is 9.72. The van der Waals surface area contributed by atoms with Crippen LogP contribution >= 0.6 is 0 Å². The van der Waals surface area contributed by atoms with E-state index in [1.54, 1.807) is 23.1 Å². The van der Waals surface area contributed by atoms with Crippen molar-refractivity contribution in [2.75, 3.05) is 31.2 Å². The largest absolute Gasteiger partial charge is 0.379 e. The normalized spacial score (nSPS) is 22.1. The molecule has 8 heteroatoms. The number of hydrogen-bond donors (Lipinski definition) is 2. The number of nitrogens with one attached hydrogen (secondary N) is 2. The molecule has 2 atom stereocenters. The molecule has 0 saturated carbocycles. The summed E-state index contributed by atoms with van der Waals surface area (Å²) >= 11 is 0. The molecule has 3 amide bonds. The Labute approximate surface area is 156 Å². The van der Waals surface area contributed by atoms with Crippen LogP contribution in [0.15, 0.2) is 34.9 Å². The van der Waals surface area contributed by atoms with E-state index in [9.17, 15) is 9.59 Å². The predicted molar refractivity (Wildman–Crippen MR) is 97.7 cm³/mol. The summed E-state index contributed by atoms with van der Waals surface area (Å²) < 4.78 is 10.9. The summed E-state index contributed by atoms with van der Waals surface area (Å²) in [4.78, 5) is 26.2. The molecule has 0 spiro atoms. The molecule has 142 valence electrons. The Kier molecular flexibility index (Phi) is 4.81. The predicted octanol–water partition coefficient (Wildman–Crippen LogP) is 1.50. The number of nitrogens with zero attached hydrogens (tertiary/aromatic N) is 2. The minimum absolute atomic E-state index is 0.0957. The Hall–Kier alpha value is -2.87. The van der Waals surface area contributed by atoms with Crippen LogP contribution in [0.4, 0.5) is 10.5 Å². The highest BCUT2D eigenvalue weighted by Gasteiger charge is 2.31. The molecule has 0 unspecified atom stereocenters. The first-order valence-corrected chi connectivity index (χ1v) is 9.06. The Bertz CT molecular complexity index is 850. The van der Waals surface area contributed by atoms with Crippen LogP contribution in [0, 0.1) is 12.8 Å². The lowest BCUT2D eigenvalue weighted by molar-refractivity contribution is 0.0924. The molecule has 27 heavy (non-hydrogen) atoms. The fourth-order valence-corrected chi connectivity index (χ4v) is 3.51. The minimum atomic E-state index is -0.175. The number of hydrogen-bond acceptors (Lipinski definition) is 5. The van der Waals surface area contributed by atoms with Gasteiger partial charge in [0.25, 0.3) is 5.91 Å². The summed E-state index contributed by atoms with van der Waals surface area (Å²) in [5.41, 5.74) is 2.08. The van der Waals surface area contributed by atoms with Gasteiger partial charge >= 0.3 is 6.03 Å². The first-order chi connectivity index (χ1) is 13.1. The van der Waals surface area contributed by atoms with Crippen molar-refractivity contribution in [2.45, 2.75) is 19.4 Å². The number of aryl methyl sites for hydroxylation is 1. The first-order valence-electron chi connectivity index (χ1n) is 9.06. The molecule has 2 N–H and O–H groups in total. The highest BCUT2D eigenvalue weighted by Crippen LogP contribution is 2.22. The lowest BCUT2D eigenvalue weighted by atomic mass is 9.97. The van der Waals surface area contributed by atoms with E-state index in [-0.39, 0.29) is 23.9 Å². The summed E-state index contributed by atoms with van der Waals surface area (Å²) in [7, 11) is 0. The summed E-state index contributed by atoms with van der Waals surface area (Å²) in [6.45, 7) is 4.12. The zero-order valence-electron chi connectivity index (χ0n) is 15.1. The highest BCUT2D eigenvalue weighted by atomic mass is 16.5. The number of urea groups is 1. The Morgan fingerprint density at radius 2 is 2.26 bits per heavy atom. The van der Waals surface area contributed by atoms with E-state index < -0.39 is 0 Å². The smallest absolute Gasteiger partial charge is 0.321 e. The van der Waals surface area contributed by atoms with Crippen LogP contribution in [0.2, 0.25) is 0 Å². The Balaban J connectivity index is 1.43. The van der Waals surface area contributed by atoms with Crippen LogP contribution in [0.25, 0.3) is 0 Å². The van der Waals surface area contributed by atoms with Gasteiger partial charge in [-0.15, -0.1) is 0 Å². The number of aromatic nitrogens is 1. The zero-order valence-corrected chi connectivity index (χ0v) is 15.1. The molecule has 8 nitrogen and oxygen atoms in total. The average molecular weight is 370 g/mol. The number of benzene rings is 1. The third kappa shape index (κ3) is 3.80. The van der Waals surface area contributed by atoms with Crippen molar-refractivity contribution < 1.29 is 18.8 Å². The van der Waals surface area contributed by atoms with E-state index in [1.807, 2.05) is 19.1 Å². The summed E-state index contributed by atoms with van der Waals surface area (Å²) in [6.07, 6.45) is 0.666. The van der Waals surface area contributed by atoms with Gasteiger partial charge in [0.1, 0.15) is 5.76 Å². The number of amides is 3. The van der Waals surface area contributed by atoms with Crippen molar-refractivity contribution in [1.29, 1.82) is 0 Å². The molecule has 1 aromatic heterocycles. The first kappa shape index (κ1) is 17.5. The molecular weight excluding hydrogens is 348 g/mol. The Morgan fingerprint density at radius 1 is 1.37 bits per heavy atom. The van der Waals surface area contributed by atoms with Crippen LogP contribution in [-0.4, -0.2) is 49.4 Å². The second-order valence-electron chi connectivity index (χ2n) is 6.95. The average Bonchev–Trinajstić information content (AvgIpc) is 3.38. The van der Waals surface area contributed by atoms with Crippen molar-refractivity contribution >= 4 is 17.6 Å². The zero-order chi connectivity index (χ0) is 18.8. The van der Waals surface area contributed by atoms with Crippen LogP contribution < -0.4 is 15.5 Å². The van der Waals surface area contributed by atoms with Crippen LogP contribution in [0.1, 0.15) is 21.8 Å². The standard InChI is InChI=1S/C19H22N4O4/c1-12-7-16(27-22-12)9-14-10-26-11-17(14)21-18(24)13-3-2-4-15(8-13)23-6-5-20-19(23)25/h2-4,7-8,14,17H,5-6,9-11H2,1H3,(H,20,25)(H,21,24)/t14-,17+/m1/s1. The van der Waals surface area contributed by atoms with Gasteiger partial charge in [0, 0.05) is 42.7 Å². The van der Waals surface area contributed by atoms with Crippen LogP contribution in [0.5, 0.6) is 0 Å². The van der Waals surface area contributed by atoms with E-state index in [1.165, 1.54) is 0 Å². The van der Waals surface area contributed by atoms with E-state index in [0.29, 0.717) is 44.0 Å². The summed E-state index contributed by atoms with van der Waals surface area (Å²) in [6, 6.07) is 8.77. The van der Waals surface area contributed by atoms with Gasteiger partial charge in [-0.3, -0.25) is 9.69 Å². The second kappa shape index (κ2) is 7.40. The quantitative estimate of drug-likeness (QED) is 0.831. The third-order valence-electron chi connectivity index (χ3n) is 4.93. The molecule has 1 aromatic carbocycles.